The lowest BCUT2D eigenvalue weighted by Gasteiger charge is -2.26. The number of halogens is 3. The van der Waals surface area contributed by atoms with Crippen LogP contribution >= 0.6 is 0 Å². The van der Waals surface area contributed by atoms with Gasteiger partial charge < -0.3 is 9.64 Å². The highest BCUT2D eigenvalue weighted by Crippen LogP contribution is 2.36. The van der Waals surface area contributed by atoms with Crippen molar-refractivity contribution in [3.8, 4) is 0 Å². The highest BCUT2D eigenvalue weighted by molar-refractivity contribution is 7.89. The van der Waals surface area contributed by atoms with E-state index >= 15 is 0 Å². The number of pyridine rings is 1. The molecule has 0 aromatic carbocycles. The van der Waals surface area contributed by atoms with Gasteiger partial charge in [0.15, 0.2) is 0 Å². The van der Waals surface area contributed by atoms with Gasteiger partial charge in [-0.05, 0) is 51.7 Å². The molecule has 0 bridgehead atoms. The Morgan fingerprint density at radius 1 is 1.14 bits per heavy atom. The second-order valence-corrected chi connectivity index (χ2v) is 10.4. The Balaban J connectivity index is 0.00000320. The standard InChI is InChI=1S/C18H24F3N3O4S.H2/c1-11-14(5-6-15(22-11)18(19,20)21)29(26,27)24-9-12-7-23(8-13(12)10-24)16(25)28-17(2,3)4;/h5-6,12-13H,7-10H2,1-4H3;1H/t12-,13?;/m1./s1. The van der Waals surface area contributed by atoms with Gasteiger partial charge in [0, 0.05) is 27.6 Å². The lowest BCUT2D eigenvalue weighted by molar-refractivity contribution is -0.141. The molecule has 1 amide bonds. The van der Waals surface area contributed by atoms with Gasteiger partial charge in [-0.25, -0.2) is 18.2 Å². The summed E-state index contributed by atoms with van der Waals surface area (Å²) >= 11 is 0. The van der Waals surface area contributed by atoms with Gasteiger partial charge in [0.1, 0.15) is 16.2 Å². The van der Waals surface area contributed by atoms with Gasteiger partial charge in [-0.2, -0.15) is 17.5 Å². The molecule has 3 rings (SSSR count). The van der Waals surface area contributed by atoms with Crippen molar-refractivity contribution in [1.82, 2.24) is 14.2 Å². The smallest absolute Gasteiger partial charge is 0.433 e. The molecule has 0 N–H and O–H groups in total. The number of hydrogen-bond donors (Lipinski definition) is 0. The number of likely N-dealkylation sites (tertiary alicyclic amines) is 1. The van der Waals surface area contributed by atoms with E-state index in [9.17, 15) is 26.4 Å². The minimum absolute atomic E-state index is 0. The first-order valence-electron chi connectivity index (χ1n) is 9.21. The monoisotopic (exact) mass is 437 g/mol. The molecule has 29 heavy (non-hydrogen) atoms. The molecule has 1 aromatic rings. The zero-order valence-electron chi connectivity index (χ0n) is 16.7. The van der Waals surface area contributed by atoms with E-state index < -0.39 is 33.6 Å². The molecule has 3 heterocycles. The molecule has 2 aliphatic rings. The summed E-state index contributed by atoms with van der Waals surface area (Å²) in [6, 6.07) is 1.64. The van der Waals surface area contributed by atoms with Crippen LogP contribution in [0, 0.1) is 18.8 Å². The number of ether oxygens (including phenoxy) is 1. The van der Waals surface area contributed by atoms with Crippen LogP contribution < -0.4 is 0 Å². The number of alkyl halides is 3. The maximum Gasteiger partial charge on any atom is 0.433 e. The number of fused-ring (bicyclic) bond motifs is 1. The van der Waals surface area contributed by atoms with Crippen LogP contribution in [-0.4, -0.2) is 60.5 Å². The summed E-state index contributed by atoms with van der Waals surface area (Å²) in [5, 5.41) is 0. The number of aromatic nitrogens is 1. The molecule has 1 unspecified atom stereocenters. The summed E-state index contributed by atoms with van der Waals surface area (Å²) in [5.41, 5.74) is -1.93. The Kier molecular flexibility index (Phi) is 5.36. The van der Waals surface area contributed by atoms with Crippen molar-refractivity contribution in [3.63, 3.8) is 0 Å². The molecule has 7 nitrogen and oxygen atoms in total. The van der Waals surface area contributed by atoms with Crippen molar-refractivity contribution in [2.75, 3.05) is 26.2 Å². The first-order chi connectivity index (χ1) is 13.2. The Labute approximate surface area is 169 Å². The van der Waals surface area contributed by atoms with Crippen molar-refractivity contribution in [1.29, 1.82) is 0 Å². The van der Waals surface area contributed by atoms with E-state index in [2.05, 4.69) is 4.98 Å². The van der Waals surface area contributed by atoms with Gasteiger partial charge in [0.2, 0.25) is 10.0 Å². The van der Waals surface area contributed by atoms with Crippen LogP contribution in [0.2, 0.25) is 0 Å². The molecule has 0 spiro atoms. The molecule has 164 valence electrons. The lowest BCUT2D eigenvalue weighted by Crippen LogP contribution is -2.38. The summed E-state index contributed by atoms with van der Waals surface area (Å²) in [7, 11) is -3.97. The highest BCUT2D eigenvalue weighted by atomic mass is 32.2. The van der Waals surface area contributed by atoms with E-state index in [1.165, 1.54) is 11.2 Å². The van der Waals surface area contributed by atoms with Crippen molar-refractivity contribution in [2.45, 2.75) is 44.4 Å². The van der Waals surface area contributed by atoms with Gasteiger partial charge in [-0.15, -0.1) is 0 Å². The molecule has 0 saturated carbocycles. The molecular weight excluding hydrogens is 411 g/mol. The topological polar surface area (TPSA) is 79.8 Å². The summed E-state index contributed by atoms with van der Waals surface area (Å²) in [6.07, 6.45) is -5.06. The molecule has 2 aliphatic heterocycles. The summed E-state index contributed by atoms with van der Waals surface area (Å²) in [5.74, 6) is -0.0833. The average Bonchev–Trinajstić information content (AvgIpc) is 3.11. The summed E-state index contributed by atoms with van der Waals surface area (Å²) in [6.45, 7) is 7.75. The van der Waals surface area contributed by atoms with Crippen molar-refractivity contribution in [2.24, 2.45) is 11.8 Å². The van der Waals surface area contributed by atoms with Crippen molar-refractivity contribution in [3.05, 3.63) is 23.5 Å². The highest BCUT2D eigenvalue weighted by Gasteiger charge is 2.46. The number of sulfonamides is 1. The van der Waals surface area contributed by atoms with Crippen molar-refractivity contribution >= 4 is 16.1 Å². The first-order valence-corrected chi connectivity index (χ1v) is 10.7. The van der Waals surface area contributed by atoms with Crippen LogP contribution in [0.15, 0.2) is 17.0 Å². The Morgan fingerprint density at radius 2 is 1.69 bits per heavy atom. The number of carbonyl (C=O) groups excluding carboxylic acids is 1. The number of aryl methyl sites for hydroxylation is 1. The van der Waals surface area contributed by atoms with Gasteiger partial charge in [0.25, 0.3) is 0 Å². The zero-order chi connectivity index (χ0) is 21.8. The molecular formula is C18H26F3N3O4S. The van der Waals surface area contributed by atoms with E-state index in [0.29, 0.717) is 19.2 Å². The maximum atomic E-state index is 12.9. The normalized spacial score (nSPS) is 23.3. The molecule has 0 radical (unpaired) electrons. The van der Waals surface area contributed by atoms with Crippen LogP contribution in [0.1, 0.15) is 33.6 Å². The van der Waals surface area contributed by atoms with E-state index in [1.807, 2.05) is 0 Å². The number of nitrogens with zero attached hydrogens (tertiary/aromatic N) is 3. The lowest BCUT2D eigenvalue weighted by atomic mass is 10.0. The molecule has 2 saturated heterocycles. The molecule has 2 fully saturated rings. The summed E-state index contributed by atoms with van der Waals surface area (Å²) in [4.78, 5) is 17.0. The van der Waals surface area contributed by atoms with E-state index in [1.54, 1.807) is 25.7 Å². The number of hydrogen-bond acceptors (Lipinski definition) is 5. The molecule has 11 heteroatoms. The predicted molar refractivity (Wildman–Crippen MR) is 99.6 cm³/mol. The number of carbonyl (C=O) groups is 1. The maximum absolute atomic E-state index is 12.9. The largest absolute Gasteiger partial charge is 0.444 e. The van der Waals surface area contributed by atoms with Crippen LogP contribution in [0.25, 0.3) is 0 Å². The van der Waals surface area contributed by atoms with Crippen molar-refractivity contribution < 1.29 is 32.5 Å². The third kappa shape index (κ3) is 4.50. The minimum Gasteiger partial charge on any atom is -0.444 e. The average molecular weight is 437 g/mol. The van der Waals surface area contributed by atoms with Gasteiger partial charge in [-0.1, -0.05) is 0 Å². The SMILES string of the molecule is Cc1nc(C(F)(F)F)ccc1S(=O)(=O)N1CC2CN(C(=O)OC(C)(C)C)C[C@@H]2C1.[HH]. The fraction of sp³-hybridized carbons (Fsp3) is 0.667. The van der Waals surface area contributed by atoms with Gasteiger partial charge >= 0.3 is 12.3 Å². The van der Waals surface area contributed by atoms with Crippen LogP contribution in [0.5, 0.6) is 0 Å². The van der Waals surface area contributed by atoms with Gasteiger partial charge in [-0.3, -0.25) is 0 Å². The third-order valence-corrected chi connectivity index (χ3v) is 7.02. The number of amides is 1. The Bertz CT molecular complexity index is 904. The van der Waals surface area contributed by atoms with E-state index in [0.717, 1.165) is 6.07 Å². The minimum atomic E-state index is -4.64. The summed E-state index contributed by atoms with van der Waals surface area (Å²) < 4.78 is 70.9. The molecule has 1 aromatic heterocycles. The molecule has 0 aliphatic carbocycles. The van der Waals surface area contributed by atoms with E-state index in [-0.39, 0.29) is 36.9 Å². The fourth-order valence-electron chi connectivity index (χ4n) is 3.74. The zero-order valence-corrected chi connectivity index (χ0v) is 17.5. The predicted octanol–water partition coefficient (Wildman–Crippen LogP) is 3.14. The van der Waals surface area contributed by atoms with Crippen LogP contribution in [-0.2, 0) is 20.9 Å². The first kappa shape index (κ1) is 21.8. The second-order valence-electron chi connectivity index (χ2n) is 8.51. The van der Waals surface area contributed by atoms with Crippen LogP contribution in [0.3, 0.4) is 0 Å². The number of rotatable bonds is 2. The molecule has 2 atom stereocenters. The third-order valence-electron chi connectivity index (χ3n) is 5.05. The van der Waals surface area contributed by atoms with E-state index in [4.69, 9.17) is 4.74 Å². The second kappa shape index (κ2) is 7.12. The Hall–Kier alpha value is -1.88. The van der Waals surface area contributed by atoms with Crippen LogP contribution in [0.4, 0.5) is 18.0 Å². The van der Waals surface area contributed by atoms with Gasteiger partial charge in [0.05, 0.1) is 5.69 Å². The quantitative estimate of drug-likeness (QED) is 0.710. The Morgan fingerprint density at radius 3 is 2.14 bits per heavy atom. The fourth-order valence-corrected chi connectivity index (χ4v) is 5.45.